The third-order valence-corrected chi connectivity index (χ3v) is 3.22. The standard InChI is InChI=1S/C16H12ClN3O/c17-11-4-3-5-12(10-11)18-16(21)9-8-15-13-6-1-2-7-14(13)19-20-15/h1-10H,(H,18,21)(H,19,20). The molecular weight excluding hydrogens is 286 g/mol. The molecule has 0 spiro atoms. The molecule has 2 N–H and O–H groups in total. The molecule has 0 saturated heterocycles. The smallest absolute Gasteiger partial charge is 0.248 e. The Labute approximate surface area is 126 Å². The van der Waals surface area contributed by atoms with E-state index in [0.717, 1.165) is 16.6 Å². The summed E-state index contributed by atoms with van der Waals surface area (Å²) in [5, 5.41) is 11.4. The fraction of sp³-hybridized carbons (Fsp3) is 0. The van der Waals surface area contributed by atoms with Crippen LogP contribution >= 0.6 is 11.6 Å². The molecule has 0 aliphatic carbocycles. The molecule has 0 bridgehead atoms. The number of aromatic amines is 1. The summed E-state index contributed by atoms with van der Waals surface area (Å²) in [4.78, 5) is 11.9. The Morgan fingerprint density at radius 1 is 1.19 bits per heavy atom. The van der Waals surface area contributed by atoms with Crippen LogP contribution in [0.5, 0.6) is 0 Å². The highest BCUT2D eigenvalue weighted by Crippen LogP contribution is 2.17. The lowest BCUT2D eigenvalue weighted by Gasteiger charge is -2.01. The predicted octanol–water partition coefficient (Wildman–Crippen LogP) is 3.87. The SMILES string of the molecule is O=C(C=Cc1n[nH]c2ccccc12)Nc1cccc(Cl)c1. The average molecular weight is 298 g/mol. The van der Waals surface area contributed by atoms with Crippen molar-refractivity contribution in [2.45, 2.75) is 0 Å². The maximum absolute atomic E-state index is 11.9. The monoisotopic (exact) mass is 297 g/mol. The summed E-state index contributed by atoms with van der Waals surface area (Å²) >= 11 is 5.87. The minimum atomic E-state index is -0.232. The number of anilines is 1. The molecule has 0 saturated carbocycles. The first-order valence-electron chi connectivity index (χ1n) is 6.40. The quantitative estimate of drug-likeness (QED) is 0.721. The van der Waals surface area contributed by atoms with Gasteiger partial charge in [0.15, 0.2) is 0 Å². The Morgan fingerprint density at radius 3 is 2.90 bits per heavy atom. The molecule has 1 aromatic heterocycles. The molecule has 1 amide bonds. The molecule has 3 rings (SSSR count). The number of rotatable bonds is 3. The molecule has 104 valence electrons. The molecule has 2 aromatic carbocycles. The van der Waals surface area contributed by atoms with E-state index < -0.39 is 0 Å². The zero-order valence-corrected chi connectivity index (χ0v) is 11.8. The van der Waals surface area contributed by atoms with Crippen LogP contribution in [0.4, 0.5) is 5.69 Å². The van der Waals surface area contributed by atoms with Crippen molar-refractivity contribution in [1.82, 2.24) is 10.2 Å². The number of nitrogens with zero attached hydrogens (tertiary/aromatic N) is 1. The van der Waals surface area contributed by atoms with Gasteiger partial charge in [-0.1, -0.05) is 35.9 Å². The Bertz CT molecular complexity index is 823. The van der Waals surface area contributed by atoms with Crippen LogP contribution in [0.25, 0.3) is 17.0 Å². The van der Waals surface area contributed by atoms with Crippen molar-refractivity contribution in [1.29, 1.82) is 0 Å². The van der Waals surface area contributed by atoms with Crippen LogP contribution in [0.3, 0.4) is 0 Å². The number of amides is 1. The van der Waals surface area contributed by atoms with Crippen LogP contribution in [0.15, 0.2) is 54.6 Å². The van der Waals surface area contributed by atoms with Crippen molar-refractivity contribution in [3.63, 3.8) is 0 Å². The molecule has 0 fully saturated rings. The topological polar surface area (TPSA) is 57.8 Å². The van der Waals surface area contributed by atoms with E-state index in [1.165, 1.54) is 6.08 Å². The minimum absolute atomic E-state index is 0.232. The number of carbonyl (C=O) groups is 1. The summed E-state index contributed by atoms with van der Waals surface area (Å²) in [6.07, 6.45) is 3.13. The maximum Gasteiger partial charge on any atom is 0.248 e. The van der Waals surface area contributed by atoms with E-state index in [2.05, 4.69) is 15.5 Å². The molecule has 0 aliphatic heterocycles. The lowest BCUT2D eigenvalue weighted by Crippen LogP contribution is -2.07. The average Bonchev–Trinajstić information content (AvgIpc) is 2.88. The van der Waals surface area contributed by atoms with Gasteiger partial charge in [-0.2, -0.15) is 5.10 Å². The van der Waals surface area contributed by atoms with E-state index in [4.69, 9.17) is 11.6 Å². The summed E-state index contributed by atoms with van der Waals surface area (Å²) in [5.74, 6) is -0.232. The van der Waals surface area contributed by atoms with Crippen LogP contribution in [0, 0.1) is 0 Å². The first-order chi connectivity index (χ1) is 10.2. The molecule has 21 heavy (non-hydrogen) atoms. The molecule has 0 aliphatic rings. The lowest BCUT2D eigenvalue weighted by molar-refractivity contribution is -0.111. The highest BCUT2D eigenvalue weighted by atomic mass is 35.5. The number of fused-ring (bicyclic) bond motifs is 1. The number of halogens is 1. The van der Waals surface area contributed by atoms with Crippen LogP contribution in [-0.4, -0.2) is 16.1 Å². The molecule has 3 aromatic rings. The van der Waals surface area contributed by atoms with Gasteiger partial charge >= 0.3 is 0 Å². The van der Waals surface area contributed by atoms with E-state index >= 15 is 0 Å². The zero-order valence-electron chi connectivity index (χ0n) is 11.0. The summed E-state index contributed by atoms with van der Waals surface area (Å²) in [6, 6.07) is 14.8. The highest BCUT2D eigenvalue weighted by molar-refractivity contribution is 6.30. The third kappa shape index (κ3) is 3.12. The molecular formula is C16H12ClN3O. The number of nitrogens with one attached hydrogen (secondary N) is 2. The van der Waals surface area contributed by atoms with Crippen LogP contribution in [0.2, 0.25) is 5.02 Å². The molecule has 0 atom stereocenters. The van der Waals surface area contributed by atoms with Crippen molar-refractivity contribution < 1.29 is 4.79 Å². The van der Waals surface area contributed by atoms with Gasteiger partial charge in [0.05, 0.1) is 11.2 Å². The van der Waals surface area contributed by atoms with Gasteiger partial charge < -0.3 is 5.32 Å². The van der Waals surface area contributed by atoms with Crippen molar-refractivity contribution in [3.8, 4) is 0 Å². The van der Waals surface area contributed by atoms with Gasteiger partial charge in [-0.25, -0.2) is 0 Å². The Kier molecular flexibility index (Phi) is 3.71. The van der Waals surface area contributed by atoms with E-state index in [1.54, 1.807) is 30.3 Å². The van der Waals surface area contributed by atoms with Gasteiger partial charge in [0.2, 0.25) is 5.91 Å². The van der Waals surface area contributed by atoms with Crippen LogP contribution in [0.1, 0.15) is 5.69 Å². The Balaban J connectivity index is 1.75. The van der Waals surface area contributed by atoms with E-state index in [0.29, 0.717) is 10.7 Å². The van der Waals surface area contributed by atoms with Crippen molar-refractivity contribution in [3.05, 3.63) is 65.3 Å². The third-order valence-electron chi connectivity index (χ3n) is 2.98. The second-order valence-corrected chi connectivity index (χ2v) is 4.92. The highest BCUT2D eigenvalue weighted by Gasteiger charge is 2.02. The molecule has 4 nitrogen and oxygen atoms in total. The summed E-state index contributed by atoms with van der Waals surface area (Å²) in [7, 11) is 0. The van der Waals surface area contributed by atoms with Crippen molar-refractivity contribution in [2.75, 3.05) is 5.32 Å². The van der Waals surface area contributed by atoms with E-state index in [9.17, 15) is 4.79 Å². The number of benzene rings is 2. The van der Waals surface area contributed by atoms with Gasteiger partial charge in [-0.15, -0.1) is 0 Å². The molecule has 5 heteroatoms. The van der Waals surface area contributed by atoms with E-state index in [-0.39, 0.29) is 5.91 Å². The van der Waals surface area contributed by atoms with Gasteiger partial charge in [0.1, 0.15) is 0 Å². The van der Waals surface area contributed by atoms with Gasteiger partial charge in [-0.05, 0) is 30.3 Å². The van der Waals surface area contributed by atoms with Crippen molar-refractivity contribution in [2.24, 2.45) is 0 Å². The van der Waals surface area contributed by atoms with E-state index in [1.807, 2.05) is 24.3 Å². The summed E-state index contributed by atoms with van der Waals surface area (Å²) in [6.45, 7) is 0. The fourth-order valence-corrected chi connectivity index (χ4v) is 2.21. The van der Waals surface area contributed by atoms with Gasteiger partial charge in [-0.3, -0.25) is 9.89 Å². The number of para-hydroxylation sites is 1. The Morgan fingerprint density at radius 2 is 2.05 bits per heavy atom. The number of H-pyrrole nitrogens is 1. The minimum Gasteiger partial charge on any atom is -0.322 e. The number of aromatic nitrogens is 2. The predicted molar refractivity (Wildman–Crippen MR) is 85.2 cm³/mol. The van der Waals surface area contributed by atoms with Crippen LogP contribution < -0.4 is 5.32 Å². The van der Waals surface area contributed by atoms with Crippen molar-refractivity contribution >= 4 is 40.2 Å². The lowest BCUT2D eigenvalue weighted by atomic mass is 10.2. The first-order valence-corrected chi connectivity index (χ1v) is 6.78. The maximum atomic E-state index is 11.9. The molecule has 0 unspecified atom stereocenters. The normalized spacial score (nSPS) is 11.1. The second-order valence-electron chi connectivity index (χ2n) is 4.49. The van der Waals surface area contributed by atoms with Gasteiger partial charge in [0.25, 0.3) is 0 Å². The summed E-state index contributed by atoms with van der Waals surface area (Å²) < 4.78 is 0. The zero-order chi connectivity index (χ0) is 14.7. The van der Waals surface area contributed by atoms with Gasteiger partial charge in [0, 0.05) is 22.2 Å². The molecule has 1 heterocycles. The number of hydrogen-bond acceptors (Lipinski definition) is 2. The number of hydrogen-bond donors (Lipinski definition) is 2. The summed E-state index contributed by atoms with van der Waals surface area (Å²) in [5.41, 5.74) is 2.32. The van der Waals surface area contributed by atoms with Crippen LogP contribution in [-0.2, 0) is 4.79 Å². The number of carbonyl (C=O) groups excluding carboxylic acids is 1. The fourth-order valence-electron chi connectivity index (χ4n) is 2.02. The largest absolute Gasteiger partial charge is 0.322 e. The molecule has 0 radical (unpaired) electrons. The second kappa shape index (κ2) is 5.81. The Hall–Kier alpha value is -2.59. The first kappa shape index (κ1) is 13.4.